The van der Waals surface area contributed by atoms with E-state index >= 15 is 0 Å². The van der Waals surface area contributed by atoms with E-state index in [9.17, 15) is 0 Å². The Morgan fingerprint density at radius 2 is 1.89 bits per heavy atom. The van der Waals surface area contributed by atoms with Crippen molar-refractivity contribution in [1.82, 2.24) is 5.32 Å². The van der Waals surface area contributed by atoms with Gasteiger partial charge in [-0.3, -0.25) is 0 Å². The van der Waals surface area contributed by atoms with Crippen LogP contribution in [0, 0.1) is 0 Å². The van der Waals surface area contributed by atoms with Crippen LogP contribution in [0.25, 0.3) is 0 Å². The summed E-state index contributed by atoms with van der Waals surface area (Å²) in [4.78, 5) is 1.42. The van der Waals surface area contributed by atoms with Gasteiger partial charge in [-0.2, -0.15) is 0 Å². The van der Waals surface area contributed by atoms with Gasteiger partial charge in [0.2, 0.25) is 0 Å². The highest BCUT2D eigenvalue weighted by atomic mass is 79.9. The largest absolute Gasteiger partial charge is 0.388 e. The lowest BCUT2D eigenvalue weighted by Crippen LogP contribution is -2.16. The summed E-state index contributed by atoms with van der Waals surface area (Å²) in [6.45, 7) is 1.94. The molecule has 0 saturated carbocycles. The molecule has 0 radical (unpaired) electrons. The van der Waals surface area contributed by atoms with Crippen LogP contribution in [-0.4, -0.2) is 13.6 Å². The summed E-state index contributed by atoms with van der Waals surface area (Å²) in [5.74, 6) is 0. The predicted molar refractivity (Wildman–Crippen MR) is 83.4 cm³/mol. The number of hydrogen-bond acceptors (Lipinski definition) is 3. The number of halogens is 1. The molecule has 1 aromatic carbocycles. The lowest BCUT2D eigenvalue weighted by atomic mass is 10.2. The molecule has 18 heavy (non-hydrogen) atoms. The van der Waals surface area contributed by atoms with Gasteiger partial charge in [0.25, 0.3) is 0 Å². The molecule has 0 fully saturated rings. The molecule has 96 valence electrons. The first-order valence-corrected chi connectivity index (χ1v) is 7.60. The molecule has 0 aliphatic carbocycles. The molecule has 0 atom stereocenters. The summed E-state index contributed by atoms with van der Waals surface area (Å²) in [6, 6.07) is 12.8. The smallest absolute Gasteiger partial charge is 0.0701 e. The average molecular weight is 325 g/mol. The summed E-state index contributed by atoms with van der Waals surface area (Å²) in [5.41, 5.74) is 2.48. The Kier molecular flexibility index (Phi) is 5.23. The van der Waals surface area contributed by atoms with Gasteiger partial charge >= 0.3 is 0 Å². The molecule has 0 saturated heterocycles. The monoisotopic (exact) mass is 324 g/mol. The lowest BCUT2D eigenvalue weighted by molar-refractivity contribution is 0.691. The minimum Gasteiger partial charge on any atom is -0.388 e. The molecule has 0 aliphatic heterocycles. The third-order valence-corrected chi connectivity index (χ3v) is 4.43. The molecule has 2 rings (SSSR count). The number of hydrogen-bond donors (Lipinski definition) is 2. The zero-order valence-electron chi connectivity index (χ0n) is 10.4. The highest BCUT2D eigenvalue weighted by Crippen LogP contribution is 2.22. The van der Waals surface area contributed by atoms with Crippen molar-refractivity contribution in [3.63, 3.8) is 0 Å². The van der Waals surface area contributed by atoms with E-state index in [4.69, 9.17) is 0 Å². The molecular formula is C14H17BrN2S. The number of rotatable bonds is 6. The molecule has 0 amide bonds. The van der Waals surface area contributed by atoms with Crippen LogP contribution in [0.5, 0.6) is 0 Å². The Morgan fingerprint density at radius 3 is 2.50 bits per heavy atom. The minimum atomic E-state index is 0.927. The fourth-order valence-electron chi connectivity index (χ4n) is 1.72. The standard InChI is InChI=1S/C14H17BrN2S/c1-16-12-4-2-11(3-5-12)10-17-9-8-13-6-7-14(15)18-13/h2-7,16-17H,8-10H2,1H3. The molecule has 2 N–H and O–H groups in total. The lowest BCUT2D eigenvalue weighted by Gasteiger charge is -2.05. The van der Waals surface area contributed by atoms with Gasteiger partial charge in [-0.05, 0) is 52.2 Å². The van der Waals surface area contributed by atoms with Gasteiger partial charge < -0.3 is 10.6 Å². The van der Waals surface area contributed by atoms with Crippen molar-refractivity contribution >= 4 is 33.0 Å². The Balaban J connectivity index is 1.71. The van der Waals surface area contributed by atoms with Crippen LogP contribution in [0.2, 0.25) is 0 Å². The first-order chi connectivity index (χ1) is 8.78. The highest BCUT2D eigenvalue weighted by molar-refractivity contribution is 9.11. The van der Waals surface area contributed by atoms with E-state index in [2.05, 4.69) is 63.0 Å². The van der Waals surface area contributed by atoms with E-state index in [0.29, 0.717) is 0 Å². The van der Waals surface area contributed by atoms with Crippen LogP contribution in [0.1, 0.15) is 10.4 Å². The molecular weight excluding hydrogens is 308 g/mol. The van der Waals surface area contributed by atoms with Gasteiger partial charge in [-0.25, -0.2) is 0 Å². The quantitative estimate of drug-likeness (QED) is 0.788. The summed E-state index contributed by atoms with van der Waals surface area (Å²) < 4.78 is 1.21. The maximum atomic E-state index is 3.48. The number of anilines is 1. The van der Waals surface area contributed by atoms with Crippen molar-refractivity contribution in [1.29, 1.82) is 0 Å². The van der Waals surface area contributed by atoms with Gasteiger partial charge in [-0.15, -0.1) is 11.3 Å². The van der Waals surface area contributed by atoms with Gasteiger partial charge in [-0.1, -0.05) is 12.1 Å². The van der Waals surface area contributed by atoms with E-state index < -0.39 is 0 Å². The Hall–Kier alpha value is -0.840. The van der Waals surface area contributed by atoms with Crippen LogP contribution in [0.3, 0.4) is 0 Å². The maximum Gasteiger partial charge on any atom is 0.0701 e. The molecule has 2 nitrogen and oxygen atoms in total. The highest BCUT2D eigenvalue weighted by Gasteiger charge is 1.98. The molecule has 1 heterocycles. The summed E-state index contributed by atoms with van der Waals surface area (Å²) in [7, 11) is 1.94. The summed E-state index contributed by atoms with van der Waals surface area (Å²) in [6.07, 6.45) is 1.09. The molecule has 0 unspecified atom stereocenters. The SMILES string of the molecule is CNc1ccc(CNCCc2ccc(Br)s2)cc1. The fraction of sp³-hybridized carbons (Fsp3) is 0.286. The molecule has 2 aromatic rings. The van der Waals surface area contributed by atoms with Crippen LogP contribution in [0.15, 0.2) is 40.2 Å². The predicted octanol–water partition coefficient (Wildman–Crippen LogP) is 3.88. The van der Waals surface area contributed by atoms with Crippen molar-refractivity contribution < 1.29 is 0 Å². The fourth-order valence-corrected chi connectivity index (χ4v) is 3.20. The Labute approximate surface area is 121 Å². The second-order valence-corrected chi connectivity index (χ2v) is 6.63. The third kappa shape index (κ3) is 4.12. The van der Waals surface area contributed by atoms with Crippen LogP contribution >= 0.6 is 27.3 Å². The third-order valence-electron chi connectivity index (χ3n) is 2.75. The van der Waals surface area contributed by atoms with Crippen molar-refractivity contribution in [2.45, 2.75) is 13.0 Å². The second-order valence-electron chi connectivity index (χ2n) is 4.08. The minimum absolute atomic E-state index is 0.927. The van der Waals surface area contributed by atoms with E-state index in [1.54, 1.807) is 0 Å². The van der Waals surface area contributed by atoms with E-state index in [1.807, 2.05) is 18.4 Å². The molecule has 1 aromatic heterocycles. The first-order valence-electron chi connectivity index (χ1n) is 5.99. The number of thiophene rings is 1. The van der Waals surface area contributed by atoms with E-state index in [0.717, 1.165) is 25.2 Å². The van der Waals surface area contributed by atoms with E-state index in [1.165, 1.54) is 14.2 Å². The van der Waals surface area contributed by atoms with Gasteiger partial charge in [0, 0.05) is 30.7 Å². The van der Waals surface area contributed by atoms with Crippen molar-refractivity contribution in [3.8, 4) is 0 Å². The first kappa shape index (κ1) is 13.6. The zero-order valence-corrected chi connectivity index (χ0v) is 12.8. The molecule has 0 spiro atoms. The Morgan fingerprint density at radius 1 is 1.11 bits per heavy atom. The summed E-state index contributed by atoms with van der Waals surface area (Å²) in [5, 5.41) is 6.59. The molecule has 4 heteroatoms. The van der Waals surface area contributed by atoms with Crippen molar-refractivity contribution in [2.75, 3.05) is 18.9 Å². The van der Waals surface area contributed by atoms with Crippen molar-refractivity contribution in [2.24, 2.45) is 0 Å². The molecule has 0 bridgehead atoms. The van der Waals surface area contributed by atoms with Crippen molar-refractivity contribution in [3.05, 3.63) is 50.6 Å². The second kappa shape index (κ2) is 6.92. The number of nitrogens with one attached hydrogen (secondary N) is 2. The average Bonchev–Trinajstić information content (AvgIpc) is 2.81. The normalized spacial score (nSPS) is 10.6. The van der Waals surface area contributed by atoms with Gasteiger partial charge in [0.1, 0.15) is 0 Å². The zero-order chi connectivity index (χ0) is 12.8. The molecule has 0 aliphatic rings. The van der Waals surface area contributed by atoms with Crippen LogP contribution in [-0.2, 0) is 13.0 Å². The topological polar surface area (TPSA) is 24.1 Å². The number of benzene rings is 1. The van der Waals surface area contributed by atoms with Crippen LogP contribution < -0.4 is 10.6 Å². The Bertz CT molecular complexity index is 479. The van der Waals surface area contributed by atoms with Crippen LogP contribution in [0.4, 0.5) is 5.69 Å². The van der Waals surface area contributed by atoms with E-state index in [-0.39, 0.29) is 0 Å². The maximum absolute atomic E-state index is 3.48. The van der Waals surface area contributed by atoms with Gasteiger partial charge in [0.15, 0.2) is 0 Å². The summed E-state index contributed by atoms with van der Waals surface area (Å²) >= 11 is 5.29. The van der Waals surface area contributed by atoms with Gasteiger partial charge in [0.05, 0.1) is 3.79 Å².